The molecule has 1 rings (SSSR count). The fourth-order valence-corrected chi connectivity index (χ4v) is 3.21. The first-order valence-corrected chi connectivity index (χ1v) is 10.7. The molecule has 7 nitrogen and oxygen atoms in total. The minimum Gasteiger partial charge on any atom is -0.465 e. The fourth-order valence-electron chi connectivity index (χ4n) is 2.20. The van der Waals surface area contributed by atoms with Gasteiger partial charge in [-0.1, -0.05) is 20.8 Å². The highest BCUT2D eigenvalue weighted by molar-refractivity contribution is 6.74. The molecule has 0 radical (unpaired) electrons. The Kier molecular flexibility index (Phi) is 6.19. The third-order valence-corrected chi connectivity index (χ3v) is 9.20. The van der Waals surface area contributed by atoms with E-state index in [1.807, 2.05) is 13.1 Å². The van der Waals surface area contributed by atoms with Gasteiger partial charge in [0.25, 0.3) is 0 Å². The van der Waals surface area contributed by atoms with Gasteiger partial charge < -0.3 is 19.7 Å². The van der Waals surface area contributed by atoms with Crippen LogP contribution in [-0.4, -0.2) is 55.6 Å². The van der Waals surface area contributed by atoms with Crippen molar-refractivity contribution in [1.29, 1.82) is 5.26 Å². The lowest BCUT2D eigenvalue weighted by Crippen LogP contribution is -2.54. The largest absolute Gasteiger partial charge is 0.465 e. The van der Waals surface area contributed by atoms with E-state index in [-0.39, 0.29) is 17.6 Å². The Hall–Kier alpha value is -1.59. The van der Waals surface area contributed by atoms with Gasteiger partial charge in [-0.05, 0) is 31.0 Å². The van der Waals surface area contributed by atoms with Crippen LogP contribution in [0.15, 0.2) is 0 Å². The van der Waals surface area contributed by atoms with E-state index in [1.54, 1.807) is 0 Å². The van der Waals surface area contributed by atoms with Crippen molar-refractivity contribution in [2.45, 2.75) is 63.8 Å². The summed E-state index contributed by atoms with van der Waals surface area (Å²) in [5.74, 6) is -0.379. The van der Waals surface area contributed by atoms with Gasteiger partial charge in [0.05, 0.1) is 12.7 Å². The SMILES string of the molecule is CC(C)(C)[Si](C)(C)OC[C@@H](NC(=O)O)C(=O)N1CCC[C@H]1C#N. The van der Waals surface area contributed by atoms with E-state index >= 15 is 0 Å². The van der Waals surface area contributed by atoms with Crippen molar-refractivity contribution >= 4 is 20.3 Å². The van der Waals surface area contributed by atoms with Crippen LogP contribution in [0.3, 0.4) is 0 Å². The number of hydrogen-bond donors (Lipinski definition) is 2. The molecule has 0 aliphatic carbocycles. The van der Waals surface area contributed by atoms with Gasteiger partial charge in [0.2, 0.25) is 5.91 Å². The first-order valence-electron chi connectivity index (χ1n) is 7.83. The molecule has 1 aliphatic heterocycles. The number of likely N-dealkylation sites (tertiary alicyclic amines) is 1. The van der Waals surface area contributed by atoms with Gasteiger partial charge in [0.1, 0.15) is 12.1 Å². The molecule has 23 heavy (non-hydrogen) atoms. The van der Waals surface area contributed by atoms with Gasteiger partial charge in [-0.2, -0.15) is 5.26 Å². The molecule has 2 atom stereocenters. The maximum Gasteiger partial charge on any atom is 0.405 e. The molecular weight excluding hydrogens is 314 g/mol. The maximum atomic E-state index is 12.6. The highest BCUT2D eigenvalue weighted by Crippen LogP contribution is 2.36. The van der Waals surface area contributed by atoms with E-state index < -0.39 is 26.5 Å². The summed E-state index contributed by atoms with van der Waals surface area (Å²) in [6.45, 7) is 10.8. The Labute approximate surface area is 138 Å². The highest BCUT2D eigenvalue weighted by atomic mass is 28.4. The van der Waals surface area contributed by atoms with Gasteiger partial charge in [0.15, 0.2) is 8.32 Å². The zero-order valence-electron chi connectivity index (χ0n) is 14.5. The zero-order valence-corrected chi connectivity index (χ0v) is 15.5. The van der Waals surface area contributed by atoms with Gasteiger partial charge in [-0.15, -0.1) is 0 Å². The number of carbonyl (C=O) groups is 2. The van der Waals surface area contributed by atoms with Gasteiger partial charge in [0, 0.05) is 6.54 Å². The average molecular weight is 341 g/mol. The second-order valence-corrected chi connectivity index (χ2v) is 12.2. The molecule has 1 saturated heterocycles. The van der Waals surface area contributed by atoms with E-state index in [9.17, 15) is 9.59 Å². The van der Waals surface area contributed by atoms with Gasteiger partial charge in [-0.25, -0.2) is 4.79 Å². The van der Waals surface area contributed by atoms with Crippen LogP contribution in [0.25, 0.3) is 0 Å². The Balaban J connectivity index is 2.83. The third-order valence-electron chi connectivity index (χ3n) is 4.70. The second kappa shape index (κ2) is 7.32. The Morgan fingerprint density at radius 1 is 1.48 bits per heavy atom. The molecule has 0 unspecified atom stereocenters. The second-order valence-electron chi connectivity index (χ2n) is 7.39. The normalized spacial score (nSPS) is 20.0. The molecule has 0 aromatic carbocycles. The van der Waals surface area contributed by atoms with Crippen molar-refractivity contribution in [2.75, 3.05) is 13.2 Å². The quantitative estimate of drug-likeness (QED) is 0.746. The van der Waals surface area contributed by atoms with Crippen molar-refractivity contribution in [3.63, 3.8) is 0 Å². The first-order chi connectivity index (χ1) is 10.5. The zero-order chi connectivity index (χ0) is 17.8. The topological polar surface area (TPSA) is 103 Å². The maximum absolute atomic E-state index is 12.6. The summed E-state index contributed by atoms with van der Waals surface area (Å²) in [5.41, 5.74) is 0. The smallest absolute Gasteiger partial charge is 0.405 e. The molecule has 0 spiro atoms. The van der Waals surface area contributed by atoms with E-state index in [0.717, 1.165) is 6.42 Å². The van der Waals surface area contributed by atoms with Crippen LogP contribution in [0.1, 0.15) is 33.6 Å². The van der Waals surface area contributed by atoms with Crippen molar-refractivity contribution in [3.05, 3.63) is 0 Å². The molecule has 1 fully saturated rings. The molecule has 0 aromatic heterocycles. The molecular formula is C15H27N3O4Si. The lowest BCUT2D eigenvalue weighted by atomic mass is 10.2. The number of rotatable bonds is 5. The fraction of sp³-hybridized carbons (Fsp3) is 0.800. The molecule has 0 bridgehead atoms. The Bertz CT molecular complexity index is 496. The van der Waals surface area contributed by atoms with E-state index in [0.29, 0.717) is 13.0 Å². The van der Waals surface area contributed by atoms with Crippen LogP contribution in [-0.2, 0) is 9.22 Å². The summed E-state index contributed by atoms with van der Waals surface area (Å²) < 4.78 is 5.99. The van der Waals surface area contributed by atoms with Crippen LogP contribution in [0, 0.1) is 11.3 Å². The summed E-state index contributed by atoms with van der Waals surface area (Å²) in [5, 5.41) is 20.3. The number of carbonyl (C=O) groups excluding carboxylic acids is 1. The van der Waals surface area contributed by atoms with Crippen molar-refractivity contribution in [2.24, 2.45) is 0 Å². The Morgan fingerprint density at radius 2 is 2.09 bits per heavy atom. The summed E-state index contributed by atoms with van der Waals surface area (Å²) in [4.78, 5) is 25.1. The molecule has 8 heteroatoms. The van der Waals surface area contributed by atoms with Crippen molar-refractivity contribution in [1.82, 2.24) is 10.2 Å². The van der Waals surface area contributed by atoms with Crippen LogP contribution < -0.4 is 5.32 Å². The monoisotopic (exact) mass is 341 g/mol. The summed E-state index contributed by atoms with van der Waals surface area (Å²) in [6, 6.07) is 0.643. The summed E-state index contributed by atoms with van der Waals surface area (Å²) >= 11 is 0. The third kappa shape index (κ3) is 4.94. The highest BCUT2D eigenvalue weighted by Gasteiger charge is 2.40. The number of carboxylic acid groups (broad SMARTS) is 1. The lowest BCUT2D eigenvalue weighted by molar-refractivity contribution is -0.134. The molecule has 2 N–H and O–H groups in total. The predicted molar refractivity (Wildman–Crippen MR) is 88.4 cm³/mol. The standard InChI is InChI=1S/C15H27N3O4Si/c1-15(2,3)23(4,5)22-10-12(17-14(20)21)13(19)18-8-6-7-11(18)9-16/h11-12,17H,6-8,10H2,1-5H3,(H,20,21)/t11-,12+/m0/s1. The van der Waals surface area contributed by atoms with Crippen molar-refractivity contribution < 1.29 is 19.1 Å². The van der Waals surface area contributed by atoms with E-state index in [1.165, 1.54) is 4.90 Å². The first kappa shape index (κ1) is 19.5. The van der Waals surface area contributed by atoms with E-state index in [4.69, 9.17) is 14.8 Å². The summed E-state index contributed by atoms with van der Waals surface area (Å²) in [7, 11) is -2.10. The lowest BCUT2D eigenvalue weighted by Gasteiger charge is -2.37. The number of nitrogens with one attached hydrogen (secondary N) is 1. The van der Waals surface area contributed by atoms with Gasteiger partial charge in [-0.3, -0.25) is 4.79 Å². The van der Waals surface area contributed by atoms with Gasteiger partial charge >= 0.3 is 6.09 Å². The molecule has 2 amide bonds. The molecule has 130 valence electrons. The average Bonchev–Trinajstić information content (AvgIpc) is 2.89. The molecule has 0 aromatic rings. The van der Waals surface area contributed by atoms with Crippen LogP contribution in [0.4, 0.5) is 4.79 Å². The molecule has 1 heterocycles. The predicted octanol–water partition coefficient (Wildman–Crippen LogP) is 2.16. The van der Waals surface area contributed by atoms with E-state index in [2.05, 4.69) is 32.2 Å². The van der Waals surface area contributed by atoms with Crippen LogP contribution >= 0.6 is 0 Å². The number of hydrogen-bond acceptors (Lipinski definition) is 4. The molecule has 0 saturated carbocycles. The number of amides is 2. The number of nitrogens with zero attached hydrogens (tertiary/aromatic N) is 2. The Morgan fingerprint density at radius 3 is 2.57 bits per heavy atom. The minimum atomic E-state index is -2.10. The van der Waals surface area contributed by atoms with Crippen molar-refractivity contribution in [3.8, 4) is 6.07 Å². The number of nitriles is 1. The molecule has 1 aliphatic rings. The summed E-state index contributed by atoms with van der Waals surface area (Å²) in [6.07, 6.45) is 0.118. The minimum absolute atomic E-state index is 0.00370. The van der Waals surface area contributed by atoms with Crippen LogP contribution in [0.5, 0.6) is 0 Å². The van der Waals surface area contributed by atoms with Crippen LogP contribution in [0.2, 0.25) is 18.1 Å².